The molecular weight excluding hydrogens is 318 g/mol. The number of hydrogen-bond acceptors (Lipinski definition) is 4. The highest BCUT2D eigenvalue weighted by molar-refractivity contribution is 7.99. The van der Waals surface area contributed by atoms with E-state index in [9.17, 15) is 4.79 Å². The normalized spacial score (nSPS) is 19.4. The lowest BCUT2D eigenvalue weighted by Crippen LogP contribution is -2.36. The number of Topliss-reactive ketones (excluding diaryl/α,β-unsaturated/α-hetero) is 1. The number of carbonyl (C=O) groups excluding carboxylic acids is 1. The van der Waals surface area contributed by atoms with Crippen LogP contribution in [0, 0.1) is 0 Å². The van der Waals surface area contributed by atoms with Gasteiger partial charge in [0, 0.05) is 40.6 Å². The van der Waals surface area contributed by atoms with E-state index < -0.39 is 0 Å². The van der Waals surface area contributed by atoms with Gasteiger partial charge in [0.2, 0.25) is 0 Å². The molecule has 0 saturated carbocycles. The molecule has 4 heteroatoms. The van der Waals surface area contributed by atoms with Crippen LogP contribution in [0.3, 0.4) is 0 Å². The number of thioether (sulfide) groups is 1. The Hall–Kier alpha value is -2.04. The minimum absolute atomic E-state index is 0.154. The smallest absolute Gasteiger partial charge is 0.191 e. The summed E-state index contributed by atoms with van der Waals surface area (Å²) in [7, 11) is 0. The summed E-state index contributed by atoms with van der Waals surface area (Å²) in [5, 5.41) is 0. The molecule has 24 heavy (non-hydrogen) atoms. The number of ketones is 1. The number of benzene rings is 2. The van der Waals surface area contributed by atoms with Gasteiger partial charge in [-0.1, -0.05) is 24.3 Å². The molecule has 1 fully saturated rings. The van der Waals surface area contributed by atoms with Crippen molar-refractivity contribution < 1.29 is 9.53 Å². The highest BCUT2D eigenvalue weighted by Crippen LogP contribution is 2.33. The van der Waals surface area contributed by atoms with E-state index in [1.807, 2.05) is 30.3 Å². The Morgan fingerprint density at radius 3 is 2.54 bits per heavy atom. The third-order valence-corrected chi connectivity index (χ3v) is 5.54. The van der Waals surface area contributed by atoms with E-state index in [-0.39, 0.29) is 5.78 Å². The van der Waals surface area contributed by atoms with Crippen LogP contribution < -0.4 is 4.90 Å². The second-order valence-electron chi connectivity index (χ2n) is 5.97. The Kier molecular flexibility index (Phi) is 4.41. The Morgan fingerprint density at radius 1 is 1.00 bits per heavy atom. The van der Waals surface area contributed by atoms with E-state index in [0.29, 0.717) is 0 Å². The van der Waals surface area contributed by atoms with Gasteiger partial charge in [-0.05, 0) is 35.9 Å². The Balaban J connectivity index is 1.54. The summed E-state index contributed by atoms with van der Waals surface area (Å²) in [4.78, 5) is 16.0. The van der Waals surface area contributed by atoms with Crippen molar-refractivity contribution in [3.05, 3.63) is 65.2 Å². The van der Waals surface area contributed by atoms with Gasteiger partial charge in [0.25, 0.3) is 0 Å². The van der Waals surface area contributed by atoms with Gasteiger partial charge in [-0.2, -0.15) is 0 Å². The summed E-state index contributed by atoms with van der Waals surface area (Å²) in [5.41, 5.74) is 3.99. The van der Waals surface area contributed by atoms with Crippen molar-refractivity contribution >= 4 is 29.3 Å². The second-order valence-corrected chi connectivity index (χ2v) is 6.99. The molecule has 2 aliphatic rings. The minimum atomic E-state index is 0.154. The fraction of sp³-hybridized carbons (Fsp3) is 0.250. The molecule has 2 aliphatic heterocycles. The van der Waals surface area contributed by atoms with Gasteiger partial charge in [0.15, 0.2) is 5.78 Å². The van der Waals surface area contributed by atoms with Crippen LogP contribution in [-0.4, -0.2) is 37.8 Å². The molecule has 0 N–H and O–H groups in total. The van der Waals surface area contributed by atoms with Crippen molar-refractivity contribution in [2.24, 2.45) is 0 Å². The van der Waals surface area contributed by atoms with Gasteiger partial charge in [0.1, 0.15) is 0 Å². The van der Waals surface area contributed by atoms with E-state index in [4.69, 9.17) is 4.74 Å². The lowest BCUT2D eigenvalue weighted by molar-refractivity contribution is 0.103. The maximum atomic E-state index is 12.6. The topological polar surface area (TPSA) is 29.5 Å². The largest absolute Gasteiger partial charge is 0.378 e. The number of hydrogen-bond donors (Lipinski definition) is 0. The molecule has 0 bridgehead atoms. The standard InChI is InChI=1S/C20H19NO2S/c22-20-16(14-24-19-4-2-1-3-18(19)20)13-15-5-7-17(8-6-15)21-9-11-23-12-10-21/h1-8,13H,9-12,14H2/b16-13+. The lowest BCUT2D eigenvalue weighted by Gasteiger charge is -2.28. The summed E-state index contributed by atoms with van der Waals surface area (Å²) >= 11 is 1.73. The monoisotopic (exact) mass is 337 g/mol. The van der Waals surface area contributed by atoms with Crippen LogP contribution in [0.5, 0.6) is 0 Å². The van der Waals surface area contributed by atoms with E-state index in [1.54, 1.807) is 11.8 Å². The summed E-state index contributed by atoms with van der Waals surface area (Å²) in [6.07, 6.45) is 2.02. The SMILES string of the molecule is O=C1/C(=C/c2ccc(N3CCOCC3)cc2)CSc2ccccc21. The summed E-state index contributed by atoms with van der Waals surface area (Å²) in [5.74, 6) is 0.891. The van der Waals surface area contributed by atoms with Gasteiger partial charge in [-0.15, -0.1) is 11.8 Å². The van der Waals surface area contributed by atoms with Crippen LogP contribution >= 0.6 is 11.8 Å². The summed E-state index contributed by atoms with van der Waals surface area (Å²) in [6.45, 7) is 3.45. The first-order valence-electron chi connectivity index (χ1n) is 8.21. The Bertz CT molecular complexity index is 776. The number of anilines is 1. The van der Waals surface area contributed by atoms with Gasteiger partial charge in [-0.25, -0.2) is 0 Å². The van der Waals surface area contributed by atoms with Gasteiger partial charge in [-0.3, -0.25) is 4.79 Å². The first-order valence-corrected chi connectivity index (χ1v) is 9.20. The predicted octanol–water partition coefficient (Wildman–Crippen LogP) is 3.90. The number of fused-ring (bicyclic) bond motifs is 1. The van der Waals surface area contributed by atoms with Crippen LogP contribution in [0.1, 0.15) is 15.9 Å². The first-order chi connectivity index (χ1) is 11.8. The Labute approximate surface area is 146 Å². The molecule has 0 atom stereocenters. The Morgan fingerprint density at radius 2 is 1.75 bits per heavy atom. The summed E-state index contributed by atoms with van der Waals surface area (Å²) < 4.78 is 5.39. The predicted molar refractivity (Wildman–Crippen MR) is 98.9 cm³/mol. The molecule has 0 aliphatic carbocycles. The van der Waals surface area contributed by atoms with Crippen molar-refractivity contribution in [2.75, 3.05) is 37.0 Å². The first kappa shape index (κ1) is 15.5. The van der Waals surface area contributed by atoms with Crippen LogP contribution in [-0.2, 0) is 4.74 Å². The lowest BCUT2D eigenvalue weighted by atomic mass is 10.0. The molecule has 2 aromatic carbocycles. The molecule has 2 heterocycles. The van der Waals surface area contributed by atoms with E-state index in [2.05, 4.69) is 29.2 Å². The average Bonchev–Trinajstić information content (AvgIpc) is 2.66. The van der Waals surface area contributed by atoms with Crippen LogP contribution in [0.15, 0.2) is 59.0 Å². The summed E-state index contributed by atoms with van der Waals surface area (Å²) in [6, 6.07) is 16.3. The zero-order valence-electron chi connectivity index (χ0n) is 13.4. The number of rotatable bonds is 2. The zero-order chi connectivity index (χ0) is 16.4. The van der Waals surface area contributed by atoms with E-state index in [1.165, 1.54) is 5.69 Å². The molecule has 0 amide bonds. The third-order valence-electron chi connectivity index (χ3n) is 4.42. The van der Waals surface area contributed by atoms with Crippen LogP contribution in [0.25, 0.3) is 6.08 Å². The highest BCUT2D eigenvalue weighted by Gasteiger charge is 2.21. The molecule has 0 radical (unpaired) electrons. The van der Waals surface area contributed by atoms with Gasteiger partial charge < -0.3 is 9.64 Å². The molecule has 1 saturated heterocycles. The molecule has 4 rings (SSSR count). The zero-order valence-corrected chi connectivity index (χ0v) is 14.2. The fourth-order valence-corrected chi connectivity index (χ4v) is 4.10. The number of ether oxygens (including phenoxy) is 1. The van der Waals surface area contributed by atoms with Crippen molar-refractivity contribution in [3.63, 3.8) is 0 Å². The molecule has 0 unspecified atom stereocenters. The maximum absolute atomic E-state index is 12.6. The molecule has 122 valence electrons. The fourth-order valence-electron chi connectivity index (χ4n) is 3.09. The molecule has 3 nitrogen and oxygen atoms in total. The molecule has 2 aromatic rings. The van der Waals surface area contributed by atoms with Crippen molar-refractivity contribution in [1.82, 2.24) is 0 Å². The van der Waals surface area contributed by atoms with Crippen LogP contribution in [0.2, 0.25) is 0 Å². The molecule has 0 aromatic heterocycles. The van der Waals surface area contributed by atoms with Gasteiger partial charge >= 0.3 is 0 Å². The highest BCUT2D eigenvalue weighted by atomic mass is 32.2. The number of carbonyl (C=O) groups is 1. The average molecular weight is 337 g/mol. The van der Waals surface area contributed by atoms with Crippen molar-refractivity contribution in [3.8, 4) is 0 Å². The van der Waals surface area contributed by atoms with Crippen molar-refractivity contribution in [1.29, 1.82) is 0 Å². The molecule has 0 spiro atoms. The minimum Gasteiger partial charge on any atom is -0.378 e. The second kappa shape index (κ2) is 6.83. The number of nitrogens with zero attached hydrogens (tertiary/aromatic N) is 1. The molecular formula is C20H19NO2S. The van der Waals surface area contributed by atoms with E-state index >= 15 is 0 Å². The third kappa shape index (κ3) is 3.12. The van der Waals surface area contributed by atoms with E-state index in [0.717, 1.165) is 53.7 Å². The van der Waals surface area contributed by atoms with Gasteiger partial charge in [0.05, 0.1) is 13.2 Å². The quantitative estimate of drug-likeness (QED) is 0.778. The maximum Gasteiger partial charge on any atom is 0.191 e. The van der Waals surface area contributed by atoms with Crippen LogP contribution in [0.4, 0.5) is 5.69 Å². The number of morpholine rings is 1. The van der Waals surface area contributed by atoms with Crippen molar-refractivity contribution in [2.45, 2.75) is 4.90 Å².